The zero-order valence-corrected chi connectivity index (χ0v) is 14.8. The van der Waals surface area contributed by atoms with Gasteiger partial charge in [0, 0.05) is 38.1 Å². The van der Waals surface area contributed by atoms with Crippen molar-refractivity contribution in [1.82, 2.24) is 9.88 Å². The summed E-state index contributed by atoms with van der Waals surface area (Å²) in [5.74, 6) is -0.225. The number of nitrogens with one attached hydrogen (secondary N) is 1. The zero-order valence-electron chi connectivity index (χ0n) is 13.3. The normalized spacial score (nSPS) is 15.4. The fourth-order valence-electron chi connectivity index (χ4n) is 2.57. The molecule has 2 heterocycles. The Balaban J connectivity index is 1.73. The minimum Gasteiger partial charge on any atom is -0.368 e. The summed E-state index contributed by atoms with van der Waals surface area (Å²) in [4.78, 5) is 21.2. The van der Waals surface area contributed by atoms with E-state index in [1.54, 1.807) is 30.6 Å². The lowest BCUT2D eigenvalue weighted by Crippen LogP contribution is -2.44. The minimum absolute atomic E-state index is 0.225. The SMILES string of the molecule is CN1CCN(c2cncc(C(=O)Nc3ccc(Cl)c(Cl)c3)c2)CC1. The molecule has 2 aromatic rings. The lowest BCUT2D eigenvalue weighted by atomic mass is 10.2. The number of halogens is 2. The van der Waals surface area contributed by atoms with Crippen LogP contribution in [0.2, 0.25) is 10.0 Å². The van der Waals surface area contributed by atoms with E-state index in [9.17, 15) is 4.79 Å². The van der Waals surface area contributed by atoms with Crippen LogP contribution in [0, 0.1) is 0 Å². The highest BCUT2D eigenvalue weighted by Gasteiger charge is 2.16. The Bertz CT molecular complexity index is 745. The number of benzene rings is 1. The van der Waals surface area contributed by atoms with Gasteiger partial charge in [0.2, 0.25) is 0 Å². The molecule has 0 unspecified atom stereocenters. The minimum atomic E-state index is -0.225. The van der Waals surface area contributed by atoms with E-state index in [2.05, 4.69) is 27.1 Å². The molecule has 1 aromatic heterocycles. The van der Waals surface area contributed by atoms with Gasteiger partial charge in [0.1, 0.15) is 0 Å². The van der Waals surface area contributed by atoms with Gasteiger partial charge in [-0.15, -0.1) is 0 Å². The molecule has 1 N–H and O–H groups in total. The number of carbonyl (C=O) groups excluding carboxylic acids is 1. The number of carbonyl (C=O) groups is 1. The number of anilines is 2. The number of pyridine rings is 1. The molecule has 0 atom stereocenters. The molecule has 0 radical (unpaired) electrons. The Hall–Kier alpha value is -1.82. The van der Waals surface area contributed by atoms with Crippen molar-refractivity contribution in [2.24, 2.45) is 0 Å². The summed E-state index contributed by atoms with van der Waals surface area (Å²) in [6.07, 6.45) is 3.35. The van der Waals surface area contributed by atoms with E-state index in [0.717, 1.165) is 31.9 Å². The van der Waals surface area contributed by atoms with Crippen LogP contribution in [0.15, 0.2) is 36.7 Å². The van der Waals surface area contributed by atoms with Gasteiger partial charge in [0.25, 0.3) is 5.91 Å². The lowest BCUT2D eigenvalue weighted by molar-refractivity contribution is 0.102. The van der Waals surface area contributed by atoms with E-state index >= 15 is 0 Å². The molecule has 7 heteroatoms. The Morgan fingerprint density at radius 3 is 2.54 bits per heavy atom. The van der Waals surface area contributed by atoms with Crippen molar-refractivity contribution in [3.05, 3.63) is 52.3 Å². The van der Waals surface area contributed by atoms with Gasteiger partial charge in [-0.1, -0.05) is 23.2 Å². The molecule has 1 amide bonds. The van der Waals surface area contributed by atoms with E-state index in [1.807, 2.05) is 6.07 Å². The zero-order chi connectivity index (χ0) is 17.1. The first-order chi connectivity index (χ1) is 11.5. The molecule has 0 bridgehead atoms. The molecule has 1 saturated heterocycles. The highest BCUT2D eigenvalue weighted by atomic mass is 35.5. The first-order valence-electron chi connectivity index (χ1n) is 7.68. The number of nitrogens with zero attached hydrogens (tertiary/aromatic N) is 3. The van der Waals surface area contributed by atoms with Crippen molar-refractivity contribution >= 4 is 40.5 Å². The number of hydrogen-bond donors (Lipinski definition) is 1. The lowest BCUT2D eigenvalue weighted by Gasteiger charge is -2.33. The highest BCUT2D eigenvalue weighted by molar-refractivity contribution is 6.42. The average Bonchev–Trinajstić information content (AvgIpc) is 2.59. The van der Waals surface area contributed by atoms with Crippen LogP contribution in [0.25, 0.3) is 0 Å². The Kier molecular flexibility index (Phi) is 5.23. The maximum atomic E-state index is 12.4. The smallest absolute Gasteiger partial charge is 0.257 e. The number of rotatable bonds is 3. The molecule has 5 nitrogen and oxygen atoms in total. The van der Waals surface area contributed by atoms with E-state index in [-0.39, 0.29) is 5.91 Å². The van der Waals surface area contributed by atoms with Crippen molar-refractivity contribution in [3.8, 4) is 0 Å². The van der Waals surface area contributed by atoms with Crippen molar-refractivity contribution in [3.63, 3.8) is 0 Å². The van der Waals surface area contributed by atoms with E-state index in [1.165, 1.54) is 0 Å². The molecule has 1 aliphatic heterocycles. The standard InChI is InChI=1S/C17H18Cl2N4O/c1-22-4-6-23(7-5-22)14-8-12(10-20-11-14)17(24)21-13-2-3-15(18)16(19)9-13/h2-3,8-11H,4-7H2,1H3,(H,21,24). The Labute approximate surface area is 151 Å². The topological polar surface area (TPSA) is 48.5 Å². The second-order valence-electron chi connectivity index (χ2n) is 5.81. The van der Waals surface area contributed by atoms with Crippen LogP contribution in [-0.2, 0) is 0 Å². The number of hydrogen-bond acceptors (Lipinski definition) is 4. The molecular weight excluding hydrogens is 347 g/mol. The second kappa shape index (κ2) is 7.38. The molecule has 24 heavy (non-hydrogen) atoms. The Morgan fingerprint density at radius 1 is 1.08 bits per heavy atom. The molecule has 0 aliphatic carbocycles. The van der Waals surface area contributed by atoms with E-state index in [4.69, 9.17) is 23.2 Å². The van der Waals surface area contributed by atoms with Gasteiger partial charge in [0.05, 0.1) is 27.5 Å². The van der Waals surface area contributed by atoms with Crippen molar-refractivity contribution in [2.75, 3.05) is 43.4 Å². The molecule has 3 rings (SSSR count). The van der Waals surface area contributed by atoms with Crippen LogP contribution in [0.5, 0.6) is 0 Å². The van der Waals surface area contributed by atoms with Crippen LogP contribution in [-0.4, -0.2) is 49.0 Å². The van der Waals surface area contributed by atoms with Crippen LogP contribution in [0.3, 0.4) is 0 Å². The largest absolute Gasteiger partial charge is 0.368 e. The third-order valence-corrected chi connectivity index (χ3v) is 4.77. The highest BCUT2D eigenvalue weighted by Crippen LogP contribution is 2.25. The van der Waals surface area contributed by atoms with Gasteiger partial charge in [-0.25, -0.2) is 0 Å². The average molecular weight is 365 g/mol. The molecule has 1 fully saturated rings. The van der Waals surface area contributed by atoms with Crippen molar-refractivity contribution in [1.29, 1.82) is 0 Å². The van der Waals surface area contributed by atoms with Gasteiger partial charge in [-0.05, 0) is 31.3 Å². The summed E-state index contributed by atoms with van der Waals surface area (Å²) in [6.45, 7) is 3.85. The van der Waals surface area contributed by atoms with Crippen LogP contribution in [0.1, 0.15) is 10.4 Å². The van der Waals surface area contributed by atoms with Gasteiger partial charge in [-0.3, -0.25) is 9.78 Å². The predicted octanol–water partition coefficient (Wildman–Crippen LogP) is 3.39. The molecule has 1 aliphatic rings. The molecule has 126 valence electrons. The number of amides is 1. The summed E-state index contributed by atoms with van der Waals surface area (Å²) in [7, 11) is 2.11. The number of likely N-dealkylation sites (N-methyl/N-ethyl adjacent to an activating group) is 1. The van der Waals surface area contributed by atoms with E-state index in [0.29, 0.717) is 21.3 Å². The van der Waals surface area contributed by atoms with Crippen LogP contribution in [0.4, 0.5) is 11.4 Å². The first-order valence-corrected chi connectivity index (χ1v) is 8.43. The Morgan fingerprint density at radius 2 is 1.83 bits per heavy atom. The maximum absolute atomic E-state index is 12.4. The van der Waals surface area contributed by atoms with Crippen LogP contribution >= 0.6 is 23.2 Å². The van der Waals surface area contributed by atoms with Gasteiger partial charge in [-0.2, -0.15) is 0 Å². The summed E-state index contributed by atoms with van der Waals surface area (Å²) < 4.78 is 0. The first kappa shape index (κ1) is 17.0. The van der Waals surface area contributed by atoms with Crippen LogP contribution < -0.4 is 10.2 Å². The second-order valence-corrected chi connectivity index (χ2v) is 6.62. The monoisotopic (exact) mass is 364 g/mol. The van der Waals surface area contributed by atoms with Gasteiger partial charge in [0.15, 0.2) is 0 Å². The third-order valence-electron chi connectivity index (χ3n) is 4.03. The number of aromatic nitrogens is 1. The van der Waals surface area contributed by atoms with Gasteiger partial charge >= 0.3 is 0 Å². The number of piperazine rings is 1. The summed E-state index contributed by atoms with van der Waals surface area (Å²) in [6, 6.07) is 6.85. The maximum Gasteiger partial charge on any atom is 0.257 e. The molecular formula is C17H18Cl2N4O. The summed E-state index contributed by atoms with van der Waals surface area (Å²) >= 11 is 11.9. The quantitative estimate of drug-likeness (QED) is 0.906. The molecule has 0 spiro atoms. The van der Waals surface area contributed by atoms with Crippen molar-refractivity contribution in [2.45, 2.75) is 0 Å². The molecule has 0 saturated carbocycles. The van der Waals surface area contributed by atoms with Gasteiger partial charge < -0.3 is 15.1 Å². The van der Waals surface area contributed by atoms with Crippen molar-refractivity contribution < 1.29 is 4.79 Å². The fraction of sp³-hybridized carbons (Fsp3) is 0.294. The summed E-state index contributed by atoms with van der Waals surface area (Å²) in [5, 5.41) is 3.67. The summed E-state index contributed by atoms with van der Waals surface area (Å²) in [5.41, 5.74) is 2.07. The molecule has 1 aromatic carbocycles. The fourth-order valence-corrected chi connectivity index (χ4v) is 2.86. The predicted molar refractivity (Wildman–Crippen MR) is 98.4 cm³/mol. The van der Waals surface area contributed by atoms with E-state index < -0.39 is 0 Å². The third kappa shape index (κ3) is 3.98.